The van der Waals surface area contributed by atoms with E-state index in [1.165, 1.54) is 12.5 Å². The van der Waals surface area contributed by atoms with E-state index in [9.17, 15) is 9.50 Å². The highest BCUT2D eigenvalue weighted by atomic mass is 19.1. The van der Waals surface area contributed by atoms with Crippen molar-refractivity contribution in [3.63, 3.8) is 0 Å². The highest BCUT2D eigenvalue weighted by Gasteiger charge is 2.25. The van der Waals surface area contributed by atoms with Gasteiger partial charge in [0.05, 0.1) is 18.0 Å². The number of aliphatic hydroxyl groups excluding tert-OH is 1. The SMILES string of the molecule is O[C@H]1CCCC[C@@H]1Cc1nc(-c2c[nH]c3ncncc23)ncc1F. The molecule has 6 nitrogen and oxygen atoms in total. The molecule has 0 aliphatic heterocycles. The lowest BCUT2D eigenvalue weighted by Crippen LogP contribution is -2.27. The second-order valence-electron chi connectivity index (χ2n) is 6.29. The first-order valence-electron chi connectivity index (χ1n) is 8.19. The van der Waals surface area contributed by atoms with Crippen LogP contribution in [-0.4, -0.2) is 36.1 Å². The Labute approximate surface area is 138 Å². The number of hydrogen-bond acceptors (Lipinski definition) is 5. The summed E-state index contributed by atoms with van der Waals surface area (Å²) < 4.78 is 14.2. The van der Waals surface area contributed by atoms with Crippen molar-refractivity contribution in [2.24, 2.45) is 5.92 Å². The molecule has 2 atom stereocenters. The predicted molar refractivity (Wildman–Crippen MR) is 86.5 cm³/mol. The zero-order valence-corrected chi connectivity index (χ0v) is 13.1. The number of aromatic nitrogens is 5. The predicted octanol–water partition coefficient (Wildman–Crippen LogP) is 2.65. The van der Waals surface area contributed by atoms with Gasteiger partial charge in [-0.1, -0.05) is 12.8 Å². The third-order valence-electron chi connectivity index (χ3n) is 4.74. The Bertz CT molecular complexity index is 865. The number of H-pyrrole nitrogens is 1. The first kappa shape index (κ1) is 15.1. The third-order valence-corrected chi connectivity index (χ3v) is 4.74. The molecule has 0 spiro atoms. The van der Waals surface area contributed by atoms with Crippen LogP contribution in [0.1, 0.15) is 31.4 Å². The number of hydrogen-bond donors (Lipinski definition) is 2. The van der Waals surface area contributed by atoms with Crippen LogP contribution in [0.4, 0.5) is 4.39 Å². The fraction of sp³-hybridized carbons (Fsp3) is 0.412. The molecule has 2 N–H and O–H groups in total. The van der Waals surface area contributed by atoms with Gasteiger partial charge in [0.2, 0.25) is 0 Å². The van der Waals surface area contributed by atoms with Crippen LogP contribution in [0.2, 0.25) is 0 Å². The summed E-state index contributed by atoms with van der Waals surface area (Å²) in [6.07, 6.45) is 9.95. The minimum atomic E-state index is -0.424. The van der Waals surface area contributed by atoms with Gasteiger partial charge in [0.25, 0.3) is 0 Å². The molecule has 1 aliphatic rings. The van der Waals surface area contributed by atoms with Crippen LogP contribution in [0.25, 0.3) is 22.4 Å². The van der Waals surface area contributed by atoms with E-state index in [0.717, 1.165) is 36.6 Å². The molecule has 0 bridgehead atoms. The van der Waals surface area contributed by atoms with Gasteiger partial charge < -0.3 is 10.1 Å². The topological polar surface area (TPSA) is 87.6 Å². The van der Waals surface area contributed by atoms with Crippen molar-refractivity contribution in [2.75, 3.05) is 0 Å². The molecule has 3 aromatic heterocycles. The molecular weight excluding hydrogens is 309 g/mol. The number of nitrogens with zero attached hydrogens (tertiary/aromatic N) is 4. The molecule has 4 rings (SSSR count). The van der Waals surface area contributed by atoms with Crippen molar-refractivity contribution in [3.8, 4) is 11.4 Å². The van der Waals surface area contributed by atoms with Gasteiger partial charge in [0.1, 0.15) is 12.0 Å². The van der Waals surface area contributed by atoms with Gasteiger partial charge in [-0.25, -0.2) is 24.3 Å². The number of aliphatic hydroxyl groups is 1. The Hall–Kier alpha value is -2.41. The van der Waals surface area contributed by atoms with Gasteiger partial charge in [0.15, 0.2) is 11.6 Å². The Morgan fingerprint density at radius 3 is 2.96 bits per heavy atom. The number of halogens is 1. The number of fused-ring (bicyclic) bond motifs is 1. The maximum atomic E-state index is 14.2. The van der Waals surface area contributed by atoms with Crippen molar-refractivity contribution < 1.29 is 9.50 Å². The van der Waals surface area contributed by atoms with E-state index >= 15 is 0 Å². The molecule has 7 heteroatoms. The number of rotatable bonds is 3. The summed E-state index contributed by atoms with van der Waals surface area (Å²) >= 11 is 0. The molecule has 3 heterocycles. The molecular formula is C17H18FN5O. The zero-order valence-electron chi connectivity index (χ0n) is 13.1. The molecule has 124 valence electrons. The lowest BCUT2D eigenvalue weighted by Gasteiger charge is -2.27. The van der Waals surface area contributed by atoms with Crippen LogP contribution in [0, 0.1) is 11.7 Å². The molecule has 24 heavy (non-hydrogen) atoms. The van der Waals surface area contributed by atoms with Gasteiger partial charge >= 0.3 is 0 Å². The van der Waals surface area contributed by atoms with E-state index in [2.05, 4.69) is 24.9 Å². The van der Waals surface area contributed by atoms with E-state index in [-0.39, 0.29) is 12.0 Å². The van der Waals surface area contributed by atoms with E-state index < -0.39 is 5.82 Å². The largest absolute Gasteiger partial charge is 0.393 e. The minimum absolute atomic E-state index is 0.0577. The molecule has 0 radical (unpaired) electrons. The highest BCUT2D eigenvalue weighted by Crippen LogP contribution is 2.29. The van der Waals surface area contributed by atoms with Crippen molar-refractivity contribution in [3.05, 3.63) is 36.4 Å². The second-order valence-corrected chi connectivity index (χ2v) is 6.29. The minimum Gasteiger partial charge on any atom is -0.393 e. The normalized spacial score (nSPS) is 21.2. The van der Waals surface area contributed by atoms with Crippen LogP contribution in [0.15, 0.2) is 24.9 Å². The molecule has 1 fully saturated rings. The first-order valence-corrected chi connectivity index (χ1v) is 8.19. The van der Waals surface area contributed by atoms with E-state index in [1.807, 2.05) is 0 Å². The Balaban J connectivity index is 1.68. The van der Waals surface area contributed by atoms with Crippen molar-refractivity contribution >= 4 is 11.0 Å². The highest BCUT2D eigenvalue weighted by molar-refractivity contribution is 5.90. The smallest absolute Gasteiger partial charge is 0.163 e. The van der Waals surface area contributed by atoms with Crippen LogP contribution in [0.5, 0.6) is 0 Å². The molecule has 0 amide bonds. The number of nitrogens with one attached hydrogen (secondary N) is 1. The summed E-state index contributed by atoms with van der Waals surface area (Å²) in [6, 6.07) is 0. The standard InChI is InChI=1S/C17H18FN5O/c18-13-8-21-17(12-7-20-16-11(12)6-19-9-22-16)23-14(13)5-10-3-1-2-4-15(10)24/h6-10,15,24H,1-5H2,(H,19,20,22)/t10-,15+/m1/s1. The van der Waals surface area contributed by atoms with Crippen LogP contribution in [-0.2, 0) is 6.42 Å². The summed E-state index contributed by atoms with van der Waals surface area (Å²) in [5.41, 5.74) is 1.80. The van der Waals surface area contributed by atoms with Crippen molar-refractivity contribution in [1.29, 1.82) is 0 Å². The van der Waals surface area contributed by atoms with Crippen LogP contribution >= 0.6 is 0 Å². The van der Waals surface area contributed by atoms with E-state index in [4.69, 9.17) is 0 Å². The van der Waals surface area contributed by atoms with Crippen molar-refractivity contribution in [2.45, 2.75) is 38.2 Å². The molecule has 3 aromatic rings. The zero-order chi connectivity index (χ0) is 16.5. The Morgan fingerprint density at radius 1 is 1.21 bits per heavy atom. The summed E-state index contributed by atoms with van der Waals surface area (Å²) in [4.78, 5) is 19.7. The first-order chi connectivity index (χ1) is 11.7. The summed E-state index contributed by atoms with van der Waals surface area (Å²) in [5, 5.41) is 10.9. The number of aromatic amines is 1. The van der Waals surface area contributed by atoms with Crippen molar-refractivity contribution in [1.82, 2.24) is 24.9 Å². The van der Waals surface area contributed by atoms with Gasteiger partial charge in [-0.2, -0.15) is 0 Å². The summed E-state index contributed by atoms with van der Waals surface area (Å²) in [6.45, 7) is 0. The molecule has 0 saturated heterocycles. The summed E-state index contributed by atoms with van der Waals surface area (Å²) in [7, 11) is 0. The van der Waals surface area contributed by atoms with Gasteiger partial charge in [0, 0.05) is 23.3 Å². The molecule has 0 unspecified atom stereocenters. The summed E-state index contributed by atoms with van der Waals surface area (Å²) in [5.74, 6) is 0.0765. The second kappa shape index (κ2) is 6.24. The lowest BCUT2D eigenvalue weighted by atomic mass is 9.83. The average molecular weight is 327 g/mol. The monoisotopic (exact) mass is 327 g/mol. The van der Waals surface area contributed by atoms with Gasteiger partial charge in [-0.05, 0) is 25.2 Å². The maximum absolute atomic E-state index is 14.2. The van der Waals surface area contributed by atoms with Gasteiger partial charge in [-0.15, -0.1) is 0 Å². The molecule has 1 aliphatic carbocycles. The molecule has 0 aromatic carbocycles. The average Bonchev–Trinajstić information content (AvgIpc) is 3.03. The maximum Gasteiger partial charge on any atom is 0.163 e. The lowest BCUT2D eigenvalue weighted by molar-refractivity contribution is 0.0690. The van der Waals surface area contributed by atoms with Gasteiger partial charge in [-0.3, -0.25) is 0 Å². The fourth-order valence-corrected chi connectivity index (χ4v) is 3.39. The van der Waals surface area contributed by atoms with Crippen LogP contribution in [0.3, 0.4) is 0 Å². The van der Waals surface area contributed by atoms with E-state index in [0.29, 0.717) is 23.6 Å². The molecule has 1 saturated carbocycles. The third kappa shape index (κ3) is 2.75. The van der Waals surface area contributed by atoms with E-state index in [1.54, 1.807) is 12.4 Å². The quantitative estimate of drug-likeness (QED) is 0.772. The fourth-order valence-electron chi connectivity index (χ4n) is 3.39. The Kier molecular flexibility index (Phi) is 3.93. The Morgan fingerprint density at radius 2 is 2.08 bits per heavy atom. The van der Waals surface area contributed by atoms with Crippen LogP contribution < -0.4 is 0 Å².